The summed E-state index contributed by atoms with van der Waals surface area (Å²) in [6.07, 6.45) is 3.76. The second kappa shape index (κ2) is 4.90. The minimum absolute atomic E-state index is 0.0356. The molecule has 0 spiro atoms. The lowest BCUT2D eigenvalue weighted by molar-refractivity contribution is -0.129. The summed E-state index contributed by atoms with van der Waals surface area (Å²) < 4.78 is 0. The summed E-state index contributed by atoms with van der Waals surface area (Å²) in [7, 11) is 0. The molecular formula is C14H24N2O2. The molecule has 18 heavy (non-hydrogen) atoms. The van der Waals surface area contributed by atoms with Crippen LogP contribution in [0, 0.1) is 11.8 Å². The molecule has 1 atom stereocenters. The van der Waals surface area contributed by atoms with Crippen molar-refractivity contribution in [2.24, 2.45) is 11.8 Å². The van der Waals surface area contributed by atoms with Crippen LogP contribution in [0.5, 0.6) is 0 Å². The molecule has 1 saturated carbocycles. The number of carbonyl (C=O) groups is 2. The van der Waals surface area contributed by atoms with Crippen LogP contribution in [-0.4, -0.2) is 35.3 Å². The smallest absolute Gasteiger partial charge is 0.225 e. The first-order valence-electron chi connectivity index (χ1n) is 7.01. The van der Waals surface area contributed by atoms with Crippen molar-refractivity contribution in [2.45, 2.75) is 52.0 Å². The quantitative estimate of drug-likeness (QED) is 0.807. The highest BCUT2D eigenvalue weighted by Crippen LogP contribution is 2.32. The van der Waals surface area contributed by atoms with Crippen molar-refractivity contribution in [3.05, 3.63) is 0 Å². The van der Waals surface area contributed by atoms with Crippen LogP contribution in [0.4, 0.5) is 0 Å². The van der Waals surface area contributed by atoms with Gasteiger partial charge in [0.05, 0.1) is 5.92 Å². The molecule has 2 fully saturated rings. The third kappa shape index (κ3) is 3.24. The van der Waals surface area contributed by atoms with Gasteiger partial charge < -0.3 is 10.2 Å². The Kier molecular flexibility index (Phi) is 3.64. The molecule has 2 amide bonds. The third-order valence-electron chi connectivity index (χ3n) is 4.11. The number of hydrogen-bond acceptors (Lipinski definition) is 2. The van der Waals surface area contributed by atoms with E-state index in [0.29, 0.717) is 18.9 Å². The molecule has 4 nitrogen and oxygen atoms in total. The van der Waals surface area contributed by atoms with Crippen LogP contribution in [0.1, 0.15) is 46.5 Å². The largest absolute Gasteiger partial charge is 0.351 e. The maximum Gasteiger partial charge on any atom is 0.225 e. The van der Waals surface area contributed by atoms with Gasteiger partial charge in [0, 0.05) is 25.0 Å². The van der Waals surface area contributed by atoms with Gasteiger partial charge in [-0.3, -0.25) is 9.59 Å². The normalized spacial score (nSPS) is 24.5. The van der Waals surface area contributed by atoms with Crippen molar-refractivity contribution in [1.29, 1.82) is 0 Å². The van der Waals surface area contributed by atoms with E-state index in [4.69, 9.17) is 0 Å². The van der Waals surface area contributed by atoms with Crippen LogP contribution in [0.2, 0.25) is 0 Å². The molecule has 1 N–H and O–H groups in total. The number of amides is 2. The molecule has 1 heterocycles. The van der Waals surface area contributed by atoms with Crippen molar-refractivity contribution in [2.75, 3.05) is 13.1 Å². The first-order chi connectivity index (χ1) is 8.41. The maximum absolute atomic E-state index is 12.1. The van der Waals surface area contributed by atoms with Gasteiger partial charge in [-0.05, 0) is 39.0 Å². The van der Waals surface area contributed by atoms with E-state index in [2.05, 4.69) is 12.2 Å². The molecule has 102 valence electrons. The minimum atomic E-state index is -0.177. The van der Waals surface area contributed by atoms with Crippen molar-refractivity contribution in [3.63, 3.8) is 0 Å². The van der Waals surface area contributed by atoms with E-state index >= 15 is 0 Å². The van der Waals surface area contributed by atoms with Gasteiger partial charge in [-0.2, -0.15) is 0 Å². The molecule has 0 aromatic carbocycles. The second-order valence-electron chi connectivity index (χ2n) is 6.37. The van der Waals surface area contributed by atoms with Crippen LogP contribution in [0.15, 0.2) is 0 Å². The van der Waals surface area contributed by atoms with E-state index in [0.717, 1.165) is 13.0 Å². The van der Waals surface area contributed by atoms with Gasteiger partial charge in [0.15, 0.2) is 0 Å². The molecule has 0 bridgehead atoms. The fraction of sp³-hybridized carbons (Fsp3) is 0.857. The van der Waals surface area contributed by atoms with Gasteiger partial charge in [0.1, 0.15) is 0 Å². The molecule has 2 rings (SSSR count). The fourth-order valence-electron chi connectivity index (χ4n) is 2.26. The molecule has 0 aromatic heterocycles. The zero-order valence-electron chi connectivity index (χ0n) is 11.7. The average Bonchev–Trinajstić information content (AvgIpc) is 3.03. The summed E-state index contributed by atoms with van der Waals surface area (Å²) in [6, 6.07) is 0. The van der Waals surface area contributed by atoms with Gasteiger partial charge in [0.25, 0.3) is 0 Å². The summed E-state index contributed by atoms with van der Waals surface area (Å²) in [4.78, 5) is 25.8. The van der Waals surface area contributed by atoms with Gasteiger partial charge in [-0.1, -0.05) is 6.92 Å². The Morgan fingerprint density at radius 3 is 2.67 bits per heavy atom. The minimum Gasteiger partial charge on any atom is -0.351 e. The van der Waals surface area contributed by atoms with E-state index in [1.807, 2.05) is 18.7 Å². The Hall–Kier alpha value is -1.06. The highest BCUT2D eigenvalue weighted by Gasteiger charge is 2.38. The highest BCUT2D eigenvalue weighted by atomic mass is 16.2. The van der Waals surface area contributed by atoms with Gasteiger partial charge in [0.2, 0.25) is 11.8 Å². The van der Waals surface area contributed by atoms with E-state index < -0.39 is 0 Å². The van der Waals surface area contributed by atoms with E-state index in [9.17, 15) is 9.59 Å². The van der Waals surface area contributed by atoms with E-state index in [-0.39, 0.29) is 23.3 Å². The Labute approximate surface area is 109 Å². The first-order valence-corrected chi connectivity index (χ1v) is 7.01. The predicted octanol–water partition coefficient (Wildman–Crippen LogP) is 1.55. The number of nitrogens with one attached hydrogen (secondary N) is 1. The predicted molar refractivity (Wildman–Crippen MR) is 69.9 cm³/mol. The van der Waals surface area contributed by atoms with Gasteiger partial charge in [-0.15, -0.1) is 0 Å². The van der Waals surface area contributed by atoms with E-state index in [1.165, 1.54) is 12.8 Å². The third-order valence-corrected chi connectivity index (χ3v) is 4.11. The van der Waals surface area contributed by atoms with Crippen LogP contribution in [0.3, 0.4) is 0 Å². The highest BCUT2D eigenvalue weighted by molar-refractivity contribution is 5.89. The SMILES string of the molecule is CCC(C)(C)NC(=O)[C@H]1CC(=O)N(CC2CC2)C1. The van der Waals surface area contributed by atoms with Crippen LogP contribution < -0.4 is 5.32 Å². The number of nitrogens with zero attached hydrogens (tertiary/aromatic N) is 1. The molecular weight excluding hydrogens is 228 g/mol. The molecule has 0 radical (unpaired) electrons. The van der Waals surface area contributed by atoms with Crippen LogP contribution in [0.25, 0.3) is 0 Å². The molecule has 4 heteroatoms. The van der Waals surface area contributed by atoms with Crippen molar-refractivity contribution in [3.8, 4) is 0 Å². The summed E-state index contributed by atoms with van der Waals surface area (Å²) in [5.41, 5.74) is -0.177. The summed E-state index contributed by atoms with van der Waals surface area (Å²) in [6.45, 7) is 7.56. The van der Waals surface area contributed by atoms with E-state index in [1.54, 1.807) is 0 Å². The van der Waals surface area contributed by atoms with Crippen molar-refractivity contribution < 1.29 is 9.59 Å². The number of likely N-dealkylation sites (tertiary alicyclic amines) is 1. The molecule has 1 aliphatic carbocycles. The number of hydrogen-bond donors (Lipinski definition) is 1. The lowest BCUT2D eigenvalue weighted by Gasteiger charge is -2.26. The van der Waals surface area contributed by atoms with Crippen molar-refractivity contribution in [1.82, 2.24) is 10.2 Å². The Morgan fingerprint density at radius 2 is 2.11 bits per heavy atom. The van der Waals surface area contributed by atoms with Crippen molar-refractivity contribution >= 4 is 11.8 Å². The van der Waals surface area contributed by atoms with Gasteiger partial charge in [-0.25, -0.2) is 0 Å². The zero-order chi connectivity index (χ0) is 13.3. The Bertz CT molecular complexity index is 348. The summed E-state index contributed by atoms with van der Waals surface area (Å²) >= 11 is 0. The lowest BCUT2D eigenvalue weighted by atomic mass is 9.99. The summed E-state index contributed by atoms with van der Waals surface area (Å²) in [5.74, 6) is 0.731. The topological polar surface area (TPSA) is 49.4 Å². The lowest BCUT2D eigenvalue weighted by Crippen LogP contribution is -2.46. The Balaban J connectivity index is 1.86. The molecule has 0 aromatic rings. The van der Waals surface area contributed by atoms with Crippen LogP contribution in [-0.2, 0) is 9.59 Å². The zero-order valence-corrected chi connectivity index (χ0v) is 11.7. The number of rotatable bonds is 5. The standard InChI is InChI=1S/C14H24N2O2/c1-4-14(2,3)15-13(18)11-7-12(17)16(9-11)8-10-5-6-10/h10-11H,4-9H2,1-3H3,(H,15,18)/t11-/m0/s1. The first kappa shape index (κ1) is 13.4. The molecule has 1 aliphatic heterocycles. The Morgan fingerprint density at radius 1 is 1.44 bits per heavy atom. The molecule has 1 saturated heterocycles. The van der Waals surface area contributed by atoms with Gasteiger partial charge >= 0.3 is 0 Å². The van der Waals surface area contributed by atoms with Crippen LogP contribution >= 0.6 is 0 Å². The fourth-order valence-corrected chi connectivity index (χ4v) is 2.26. The molecule has 0 unspecified atom stereocenters. The molecule has 2 aliphatic rings. The monoisotopic (exact) mass is 252 g/mol. The summed E-state index contributed by atoms with van der Waals surface area (Å²) in [5, 5.41) is 3.04. The second-order valence-corrected chi connectivity index (χ2v) is 6.37. The average molecular weight is 252 g/mol. The maximum atomic E-state index is 12.1. The number of carbonyl (C=O) groups excluding carboxylic acids is 2.